The van der Waals surface area contributed by atoms with Crippen LogP contribution in [0.15, 0.2) is 17.2 Å². The highest BCUT2D eigenvalue weighted by molar-refractivity contribution is 5.75. The van der Waals surface area contributed by atoms with E-state index in [4.69, 9.17) is 4.74 Å². The second-order valence-electron chi connectivity index (χ2n) is 5.33. The van der Waals surface area contributed by atoms with Crippen molar-refractivity contribution < 1.29 is 14.6 Å². The summed E-state index contributed by atoms with van der Waals surface area (Å²) in [5, 5.41) is 12.4. The lowest BCUT2D eigenvalue weighted by Gasteiger charge is -2.33. The zero-order chi connectivity index (χ0) is 15.3. The topological polar surface area (TPSA) is 93.5 Å². The first kappa shape index (κ1) is 15.5. The summed E-state index contributed by atoms with van der Waals surface area (Å²) in [6, 6.07) is 0. The summed E-state index contributed by atoms with van der Waals surface area (Å²) in [5.74, 6) is -0.652. The summed E-state index contributed by atoms with van der Waals surface area (Å²) in [7, 11) is 0. The molecule has 2 N–H and O–H groups in total. The zero-order valence-electron chi connectivity index (χ0n) is 12.2. The van der Waals surface area contributed by atoms with Crippen LogP contribution in [0.4, 0.5) is 5.82 Å². The van der Waals surface area contributed by atoms with Crippen molar-refractivity contribution in [3.05, 3.63) is 22.7 Å². The summed E-state index contributed by atoms with van der Waals surface area (Å²) in [5.41, 5.74) is -1.11. The Morgan fingerprint density at radius 3 is 2.86 bits per heavy atom. The molecule has 1 aromatic rings. The SMILES string of the molecule is CCCn1ccnc(NCC2(C(=O)O)CCOCC2)c1=O. The number of aromatic nitrogens is 2. The molecule has 0 aliphatic carbocycles. The maximum Gasteiger partial charge on any atom is 0.311 e. The number of carbonyl (C=O) groups is 1. The maximum absolute atomic E-state index is 12.2. The number of hydrogen-bond donors (Lipinski definition) is 2. The Morgan fingerprint density at radius 1 is 1.52 bits per heavy atom. The van der Waals surface area contributed by atoms with Crippen LogP contribution in [0, 0.1) is 5.41 Å². The van der Waals surface area contributed by atoms with Gasteiger partial charge in [0.25, 0.3) is 5.56 Å². The molecule has 1 fully saturated rings. The highest BCUT2D eigenvalue weighted by atomic mass is 16.5. The number of carboxylic acids is 1. The first-order valence-corrected chi connectivity index (χ1v) is 7.19. The molecule has 0 unspecified atom stereocenters. The average Bonchev–Trinajstić information content (AvgIpc) is 2.49. The van der Waals surface area contributed by atoms with Crippen LogP contribution in [0.3, 0.4) is 0 Å². The van der Waals surface area contributed by atoms with E-state index in [1.54, 1.807) is 17.0 Å². The van der Waals surface area contributed by atoms with Crippen molar-refractivity contribution in [2.45, 2.75) is 32.7 Å². The lowest BCUT2D eigenvalue weighted by molar-refractivity contribution is -0.153. The van der Waals surface area contributed by atoms with Crippen LogP contribution in [0.25, 0.3) is 0 Å². The maximum atomic E-state index is 12.2. The summed E-state index contributed by atoms with van der Waals surface area (Å²) >= 11 is 0. The molecule has 7 heteroatoms. The number of rotatable bonds is 6. The molecule has 0 saturated carbocycles. The van der Waals surface area contributed by atoms with Crippen LogP contribution < -0.4 is 10.9 Å². The van der Waals surface area contributed by atoms with Crippen LogP contribution in [0.5, 0.6) is 0 Å². The van der Waals surface area contributed by atoms with E-state index in [9.17, 15) is 14.7 Å². The lowest BCUT2D eigenvalue weighted by Crippen LogP contribution is -2.43. The van der Waals surface area contributed by atoms with Crippen molar-refractivity contribution in [2.75, 3.05) is 25.1 Å². The fourth-order valence-corrected chi connectivity index (χ4v) is 2.47. The molecule has 0 radical (unpaired) electrons. The van der Waals surface area contributed by atoms with Gasteiger partial charge < -0.3 is 19.7 Å². The lowest BCUT2D eigenvalue weighted by atomic mass is 9.80. The first-order valence-electron chi connectivity index (χ1n) is 7.19. The first-order chi connectivity index (χ1) is 10.1. The molecule has 0 bridgehead atoms. The van der Waals surface area contributed by atoms with Gasteiger partial charge in [-0.15, -0.1) is 0 Å². The van der Waals surface area contributed by atoms with Crippen molar-refractivity contribution in [1.82, 2.24) is 9.55 Å². The highest BCUT2D eigenvalue weighted by Crippen LogP contribution is 2.30. The Kier molecular flexibility index (Phi) is 4.95. The summed E-state index contributed by atoms with van der Waals surface area (Å²) in [4.78, 5) is 27.8. The fourth-order valence-electron chi connectivity index (χ4n) is 2.47. The minimum Gasteiger partial charge on any atom is -0.481 e. The number of nitrogens with zero attached hydrogens (tertiary/aromatic N) is 2. The molecule has 0 aromatic carbocycles. The summed E-state index contributed by atoms with van der Waals surface area (Å²) in [6.45, 7) is 3.64. The van der Waals surface area contributed by atoms with Crippen molar-refractivity contribution in [2.24, 2.45) is 5.41 Å². The average molecular weight is 295 g/mol. The number of hydrogen-bond acceptors (Lipinski definition) is 5. The molecule has 2 rings (SSSR count). The number of nitrogens with one attached hydrogen (secondary N) is 1. The third-order valence-corrected chi connectivity index (χ3v) is 3.88. The van der Waals surface area contributed by atoms with E-state index in [2.05, 4.69) is 10.3 Å². The quantitative estimate of drug-likeness (QED) is 0.811. The van der Waals surface area contributed by atoms with Crippen LogP contribution in [0.1, 0.15) is 26.2 Å². The van der Waals surface area contributed by atoms with Crippen LogP contribution in [-0.2, 0) is 16.1 Å². The van der Waals surface area contributed by atoms with Crippen molar-refractivity contribution >= 4 is 11.8 Å². The number of aliphatic carboxylic acids is 1. The molecule has 0 atom stereocenters. The van der Waals surface area contributed by atoms with Gasteiger partial charge in [0.2, 0.25) is 0 Å². The van der Waals surface area contributed by atoms with Gasteiger partial charge in [0.1, 0.15) is 0 Å². The molecular formula is C14H21N3O4. The van der Waals surface area contributed by atoms with Gasteiger partial charge in [0, 0.05) is 38.7 Å². The highest BCUT2D eigenvalue weighted by Gasteiger charge is 2.40. The van der Waals surface area contributed by atoms with E-state index in [0.29, 0.717) is 32.6 Å². The predicted octanol–water partition coefficient (Wildman–Crippen LogP) is 0.947. The van der Waals surface area contributed by atoms with Gasteiger partial charge in [0.15, 0.2) is 5.82 Å². The van der Waals surface area contributed by atoms with Gasteiger partial charge in [-0.2, -0.15) is 0 Å². The van der Waals surface area contributed by atoms with Gasteiger partial charge in [-0.1, -0.05) is 6.92 Å². The Labute approximate surface area is 123 Å². The monoisotopic (exact) mass is 295 g/mol. The fraction of sp³-hybridized carbons (Fsp3) is 0.643. The van der Waals surface area contributed by atoms with Gasteiger partial charge in [0.05, 0.1) is 5.41 Å². The van der Waals surface area contributed by atoms with Crippen LogP contribution in [0.2, 0.25) is 0 Å². The molecule has 1 aliphatic heterocycles. The van der Waals surface area contributed by atoms with E-state index in [-0.39, 0.29) is 17.9 Å². The van der Waals surface area contributed by atoms with Crippen molar-refractivity contribution in [1.29, 1.82) is 0 Å². The largest absolute Gasteiger partial charge is 0.481 e. The third kappa shape index (κ3) is 3.41. The standard InChI is InChI=1S/C14H21N3O4/c1-2-6-17-7-5-15-11(12(17)18)16-10-14(13(19)20)3-8-21-9-4-14/h5,7H,2-4,6,8-10H2,1H3,(H,15,16)(H,19,20). The van der Waals surface area contributed by atoms with Crippen molar-refractivity contribution in [3.8, 4) is 0 Å². The van der Waals surface area contributed by atoms with E-state index in [1.165, 1.54) is 0 Å². The predicted molar refractivity (Wildman–Crippen MR) is 77.4 cm³/mol. The number of aryl methyl sites for hydroxylation is 1. The zero-order valence-corrected chi connectivity index (χ0v) is 12.2. The molecule has 1 aromatic heterocycles. The second kappa shape index (κ2) is 6.71. The Hall–Kier alpha value is -1.89. The second-order valence-corrected chi connectivity index (χ2v) is 5.33. The third-order valence-electron chi connectivity index (χ3n) is 3.88. The minimum absolute atomic E-state index is 0.185. The van der Waals surface area contributed by atoms with Gasteiger partial charge in [-0.3, -0.25) is 9.59 Å². The smallest absolute Gasteiger partial charge is 0.311 e. The molecule has 116 valence electrons. The molecule has 1 saturated heterocycles. The molecule has 21 heavy (non-hydrogen) atoms. The van der Waals surface area contributed by atoms with E-state index in [1.807, 2.05) is 6.92 Å². The van der Waals surface area contributed by atoms with Crippen LogP contribution in [-0.4, -0.2) is 40.4 Å². The van der Waals surface area contributed by atoms with E-state index in [0.717, 1.165) is 6.42 Å². The Bertz CT molecular complexity index is 549. The molecule has 1 aliphatic rings. The molecule has 0 amide bonds. The van der Waals surface area contributed by atoms with Gasteiger partial charge in [-0.05, 0) is 19.3 Å². The van der Waals surface area contributed by atoms with Gasteiger partial charge >= 0.3 is 5.97 Å². The molecule has 7 nitrogen and oxygen atoms in total. The number of carboxylic acid groups (broad SMARTS) is 1. The number of anilines is 1. The molecule has 0 spiro atoms. The number of ether oxygens (including phenoxy) is 1. The normalized spacial score (nSPS) is 17.4. The summed E-state index contributed by atoms with van der Waals surface area (Å²) < 4.78 is 6.81. The van der Waals surface area contributed by atoms with E-state index < -0.39 is 11.4 Å². The van der Waals surface area contributed by atoms with Crippen molar-refractivity contribution in [3.63, 3.8) is 0 Å². The Balaban J connectivity index is 2.13. The summed E-state index contributed by atoms with van der Waals surface area (Å²) in [6.07, 6.45) is 4.91. The van der Waals surface area contributed by atoms with Crippen LogP contribution >= 0.6 is 0 Å². The minimum atomic E-state index is -0.891. The molecule has 2 heterocycles. The van der Waals surface area contributed by atoms with Gasteiger partial charge in [-0.25, -0.2) is 4.98 Å². The Morgan fingerprint density at radius 2 is 2.24 bits per heavy atom. The van der Waals surface area contributed by atoms with E-state index >= 15 is 0 Å². The molecular weight excluding hydrogens is 274 g/mol.